The van der Waals surface area contributed by atoms with Crippen LogP contribution in [0.3, 0.4) is 0 Å². The lowest BCUT2D eigenvalue weighted by Gasteiger charge is -2.38. The van der Waals surface area contributed by atoms with E-state index in [1.54, 1.807) is 0 Å². The number of nitrogens with zero attached hydrogens (tertiary/aromatic N) is 1. The Hall–Kier alpha value is -0.610. The molecular weight excluding hydrogens is 226 g/mol. The fourth-order valence-corrected chi connectivity index (χ4v) is 3.22. The predicted octanol–water partition coefficient (Wildman–Crippen LogP) is 0.975. The van der Waals surface area contributed by atoms with Crippen molar-refractivity contribution >= 4 is 5.91 Å². The van der Waals surface area contributed by atoms with Gasteiger partial charge >= 0.3 is 0 Å². The molecule has 2 aliphatic rings. The third-order valence-corrected chi connectivity index (χ3v) is 4.57. The predicted molar refractivity (Wildman–Crippen MR) is 73.5 cm³/mol. The van der Waals surface area contributed by atoms with Gasteiger partial charge in [-0.25, -0.2) is 0 Å². The van der Waals surface area contributed by atoms with E-state index >= 15 is 0 Å². The van der Waals surface area contributed by atoms with Gasteiger partial charge in [0.2, 0.25) is 5.91 Å². The monoisotopic (exact) mass is 253 g/mol. The highest BCUT2D eigenvalue weighted by Crippen LogP contribution is 2.30. The lowest BCUT2D eigenvalue weighted by atomic mass is 9.77. The van der Waals surface area contributed by atoms with E-state index in [2.05, 4.69) is 36.4 Å². The lowest BCUT2D eigenvalue weighted by Crippen LogP contribution is -2.56. The number of likely N-dealkylation sites (tertiary alicyclic amines) is 1. The number of hydrogen-bond acceptors (Lipinski definition) is 3. The molecule has 4 nitrogen and oxygen atoms in total. The molecule has 0 aromatic heterocycles. The number of carbonyl (C=O) groups excluding carboxylic acids is 1. The van der Waals surface area contributed by atoms with E-state index in [0.29, 0.717) is 6.04 Å². The number of piperidine rings is 1. The fraction of sp³-hybridized carbons (Fsp3) is 0.929. The summed E-state index contributed by atoms with van der Waals surface area (Å²) in [4.78, 5) is 14.6. The molecule has 2 atom stereocenters. The van der Waals surface area contributed by atoms with Crippen molar-refractivity contribution in [3.05, 3.63) is 0 Å². The van der Waals surface area contributed by atoms with E-state index in [9.17, 15) is 4.79 Å². The summed E-state index contributed by atoms with van der Waals surface area (Å²) < 4.78 is 0. The Morgan fingerprint density at radius 1 is 1.44 bits per heavy atom. The average molecular weight is 253 g/mol. The highest BCUT2D eigenvalue weighted by Gasteiger charge is 2.37. The molecule has 2 rings (SSSR count). The first-order chi connectivity index (χ1) is 8.50. The van der Waals surface area contributed by atoms with Crippen LogP contribution < -0.4 is 10.6 Å². The highest BCUT2D eigenvalue weighted by atomic mass is 16.2. The molecule has 2 heterocycles. The van der Waals surface area contributed by atoms with E-state index in [1.807, 2.05) is 0 Å². The maximum absolute atomic E-state index is 12.3. The minimum absolute atomic E-state index is 0.0297. The summed E-state index contributed by atoms with van der Waals surface area (Å²) >= 11 is 0. The Labute approximate surface area is 110 Å². The SMILES string of the molecule is CN1CCCC1CNC(=O)C1NCCCC1(C)C. The van der Waals surface area contributed by atoms with Crippen molar-refractivity contribution in [2.75, 3.05) is 26.7 Å². The molecular formula is C14H27N3O. The van der Waals surface area contributed by atoms with E-state index < -0.39 is 0 Å². The van der Waals surface area contributed by atoms with Gasteiger partial charge in [0.25, 0.3) is 0 Å². The maximum atomic E-state index is 12.3. The van der Waals surface area contributed by atoms with Crippen molar-refractivity contribution in [3.63, 3.8) is 0 Å². The first-order valence-electron chi connectivity index (χ1n) is 7.22. The summed E-state index contributed by atoms with van der Waals surface area (Å²) in [5.74, 6) is 0.181. The Balaban J connectivity index is 1.83. The van der Waals surface area contributed by atoms with Gasteiger partial charge in [-0.15, -0.1) is 0 Å². The second-order valence-corrected chi connectivity index (χ2v) is 6.50. The lowest BCUT2D eigenvalue weighted by molar-refractivity contribution is -0.127. The standard InChI is InChI=1S/C14H27N3O/c1-14(2)7-5-8-15-12(14)13(18)16-10-11-6-4-9-17(11)3/h11-12,15H,4-10H2,1-3H3,(H,16,18). The van der Waals surface area contributed by atoms with E-state index in [4.69, 9.17) is 0 Å². The van der Waals surface area contributed by atoms with Crippen LogP contribution >= 0.6 is 0 Å². The summed E-state index contributed by atoms with van der Waals surface area (Å²) in [6.07, 6.45) is 4.76. The zero-order valence-corrected chi connectivity index (χ0v) is 12.0. The molecule has 0 bridgehead atoms. The molecule has 2 saturated heterocycles. The van der Waals surface area contributed by atoms with E-state index in [1.165, 1.54) is 19.3 Å². The van der Waals surface area contributed by atoms with E-state index in [-0.39, 0.29) is 17.4 Å². The van der Waals surface area contributed by atoms with Crippen LogP contribution in [0.15, 0.2) is 0 Å². The molecule has 2 unspecified atom stereocenters. The Bertz CT molecular complexity index is 303. The summed E-state index contributed by atoms with van der Waals surface area (Å²) in [5.41, 5.74) is 0.0733. The molecule has 0 aromatic rings. The van der Waals surface area contributed by atoms with Crippen LogP contribution in [0.1, 0.15) is 39.5 Å². The molecule has 1 amide bonds. The topological polar surface area (TPSA) is 44.4 Å². The van der Waals surface area contributed by atoms with Gasteiger partial charge in [-0.05, 0) is 51.2 Å². The highest BCUT2D eigenvalue weighted by molar-refractivity contribution is 5.82. The number of rotatable bonds is 3. The minimum atomic E-state index is -0.0297. The Morgan fingerprint density at radius 2 is 2.22 bits per heavy atom. The first-order valence-corrected chi connectivity index (χ1v) is 7.22. The Morgan fingerprint density at radius 3 is 2.83 bits per heavy atom. The molecule has 2 fully saturated rings. The van der Waals surface area contributed by atoms with Crippen molar-refractivity contribution in [2.45, 2.75) is 51.6 Å². The molecule has 0 saturated carbocycles. The first kappa shape index (κ1) is 13.8. The van der Waals surface area contributed by atoms with Gasteiger partial charge < -0.3 is 15.5 Å². The largest absolute Gasteiger partial charge is 0.353 e. The number of amides is 1. The molecule has 0 spiro atoms. The van der Waals surface area contributed by atoms with Crippen LogP contribution in [0.5, 0.6) is 0 Å². The summed E-state index contributed by atoms with van der Waals surface area (Å²) in [7, 11) is 2.15. The quantitative estimate of drug-likeness (QED) is 0.788. The van der Waals surface area contributed by atoms with Gasteiger partial charge in [-0.3, -0.25) is 4.79 Å². The molecule has 0 aliphatic carbocycles. The van der Waals surface area contributed by atoms with Gasteiger partial charge in [0, 0.05) is 12.6 Å². The Kier molecular flexibility index (Phi) is 4.28. The summed E-state index contributed by atoms with van der Waals surface area (Å²) in [5, 5.41) is 6.51. The van der Waals surface area contributed by atoms with Gasteiger partial charge in [0.05, 0.1) is 6.04 Å². The van der Waals surface area contributed by atoms with Crippen LogP contribution in [0.4, 0.5) is 0 Å². The molecule has 18 heavy (non-hydrogen) atoms. The second-order valence-electron chi connectivity index (χ2n) is 6.50. The van der Waals surface area contributed by atoms with Crippen LogP contribution in [-0.2, 0) is 4.79 Å². The third kappa shape index (κ3) is 3.04. The molecule has 2 aliphatic heterocycles. The van der Waals surface area contributed by atoms with Gasteiger partial charge in [-0.2, -0.15) is 0 Å². The molecule has 0 radical (unpaired) electrons. The molecule has 4 heteroatoms. The number of carbonyl (C=O) groups is 1. The summed E-state index contributed by atoms with van der Waals surface area (Å²) in [6.45, 7) is 7.29. The number of likely N-dealkylation sites (N-methyl/N-ethyl adjacent to an activating group) is 1. The second kappa shape index (κ2) is 5.57. The maximum Gasteiger partial charge on any atom is 0.237 e. The average Bonchev–Trinajstić information content (AvgIpc) is 2.71. The van der Waals surface area contributed by atoms with Crippen molar-refractivity contribution in [3.8, 4) is 0 Å². The zero-order valence-electron chi connectivity index (χ0n) is 12.0. The van der Waals surface area contributed by atoms with Crippen LogP contribution in [0.2, 0.25) is 0 Å². The molecule has 2 N–H and O–H groups in total. The van der Waals surface area contributed by atoms with Crippen LogP contribution in [0.25, 0.3) is 0 Å². The van der Waals surface area contributed by atoms with Gasteiger partial charge in [0.1, 0.15) is 0 Å². The fourth-order valence-electron chi connectivity index (χ4n) is 3.22. The van der Waals surface area contributed by atoms with Gasteiger partial charge in [-0.1, -0.05) is 13.8 Å². The van der Waals surface area contributed by atoms with Crippen molar-refractivity contribution in [1.82, 2.24) is 15.5 Å². The summed E-state index contributed by atoms with van der Waals surface area (Å²) in [6, 6.07) is 0.499. The van der Waals surface area contributed by atoms with Crippen molar-refractivity contribution < 1.29 is 4.79 Å². The van der Waals surface area contributed by atoms with E-state index in [0.717, 1.165) is 26.1 Å². The van der Waals surface area contributed by atoms with Gasteiger partial charge in [0.15, 0.2) is 0 Å². The zero-order chi connectivity index (χ0) is 13.2. The molecule has 0 aromatic carbocycles. The van der Waals surface area contributed by atoms with Crippen LogP contribution in [-0.4, -0.2) is 49.6 Å². The number of hydrogen-bond donors (Lipinski definition) is 2. The minimum Gasteiger partial charge on any atom is -0.353 e. The smallest absolute Gasteiger partial charge is 0.237 e. The number of nitrogens with one attached hydrogen (secondary N) is 2. The van der Waals surface area contributed by atoms with Crippen molar-refractivity contribution in [2.24, 2.45) is 5.41 Å². The van der Waals surface area contributed by atoms with Crippen molar-refractivity contribution in [1.29, 1.82) is 0 Å². The van der Waals surface area contributed by atoms with Crippen LogP contribution in [0, 0.1) is 5.41 Å². The normalized spacial score (nSPS) is 32.4. The molecule has 104 valence electrons. The third-order valence-electron chi connectivity index (χ3n) is 4.57.